The van der Waals surface area contributed by atoms with Gasteiger partial charge in [-0.3, -0.25) is 0 Å². The fraction of sp³-hybridized carbons (Fsp3) is 0.550. The van der Waals surface area contributed by atoms with Crippen molar-refractivity contribution in [2.45, 2.75) is 45.6 Å². The molecule has 8 nitrogen and oxygen atoms in total. The number of amides is 3. The number of nitrogens with one attached hydrogen (secondary N) is 2. The molecule has 1 aromatic rings. The van der Waals surface area contributed by atoms with Gasteiger partial charge in [-0.05, 0) is 38.3 Å². The van der Waals surface area contributed by atoms with E-state index in [1.165, 1.54) is 0 Å². The number of carbonyl (C=O) groups is 3. The Morgan fingerprint density at radius 3 is 2.50 bits per heavy atom. The summed E-state index contributed by atoms with van der Waals surface area (Å²) in [4.78, 5) is 37.9. The second-order valence-corrected chi connectivity index (χ2v) is 6.59. The summed E-state index contributed by atoms with van der Waals surface area (Å²) in [5.74, 6) is -0.452. The lowest BCUT2D eigenvalue weighted by molar-refractivity contribution is 0.0501. The maximum Gasteiger partial charge on any atom is 0.409 e. The normalized spacial score (nSPS) is 14.3. The molecule has 1 aliphatic heterocycles. The first-order valence-electron chi connectivity index (χ1n) is 9.80. The monoisotopic (exact) mass is 391 g/mol. The molecule has 1 saturated heterocycles. The van der Waals surface area contributed by atoms with E-state index in [1.54, 1.807) is 36.1 Å². The molecule has 0 radical (unpaired) electrons. The highest BCUT2D eigenvalue weighted by Gasteiger charge is 2.25. The maximum atomic E-state index is 12.4. The first kappa shape index (κ1) is 21.5. The van der Waals surface area contributed by atoms with Gasteiger partial charge >= 0.3 is 18.1 Å². The van der Waals surface area contributed by atoms with E-state index >= 15 is 0 Å². The Hall–Kier alpha value is -2.77. The van der Waals surface area contributed by atoms with Crippen molar-refractivity contribution in [3.63, 3.8) is 0 Å². The molecule has 1 heterocycles. The number of ether oxygens (including phenoxy) is 2. The number of anilines is 1. The van der Waals surface area contributed by atoms with Crippen LogP contribution in [-0.4, -0.2) is 55.3 Å². The average Bonchev–Trinajstić information content (AvgIpc) is 2.69. The van der Waals surface area contributed by atoms with Gasteiger partial charge in [0.2, 0.25) is 0 Å². The van der Waals surface area contributed by atoms with E-state index in [0.29, 0.717) is 50.4 Å². The van der Waals surface area contributed by atoms with Crippen molar-refractivity contribution in [3.05, 3.63) is 29.8 Å². The SMILES string of the molecule is CCCCOC(=O)c1ccccc1NC(=O)NC1CCN(C(=O)OCC)CC1. The number of rotatable bonds is 7. The van der Waals surface area contributed by atoms with Gasteiger partial charge in [0.1, 0.15) is 0 Å². The zero-order valence-corrected chi connectivity index (χ0v) is 16.5. The number of hydrogen-bond acceptors (Lipinski definition) is 5. The van der Waals surface area contributed by atoms with Crippen molar-refractivity contribution < 1.29 is 23.9 Å². The molecular weight excluding hydrogens is 362 g/mol. The van der Waals surface area contributed by atoms with Crippen molar-refractivity contribution in [3.8, 4) is 0 Å². The van der Waals surface area contributed by atoms with Gasteiger partial charge in [-0.2, -0.15) is 0 Å². The molecule has 0 aliphatic carbocycles. The quantitative estimate of drug-likeness (QED) is 0.549. The van der Waals surface area contributed by atoms with E-state index in [1.807, 2.05) is 6.92 Å². The van der Waals surface area contributed by atoms with Gasteiger partial charge in [-0.15, -0.1) is 0 Å². The standard InChI is InChI=1S/C20H29N3O5/c1-3-5-14-28-18(24)16-8-6-7-9-17(16)22-19(25)21-15-10-12-23(13-11-15)20(26)27-4-2/h6-9,15H,3-5,10-14H2,1-2H3,(H2,21,22,25). The van der Waals surface area contributed by atoms with Crippen LogP contribution in [0.3, 0.4) is 0 Å². The molecule has 8 heteroatoms. The molecule has 3 amide bonds. The van der Waals surface area contributed by atoms with Crippen LogP contribution in [0.1, 0.15) is 49.9 Å². The Bertz CT molecular complexity index is 672. The molecule has 1 aliphatic rings. The zero-order valence-electron chi connectivity index (χ0n) is 16.5. The van der Waals surface area contributed by atoms with E-state index in [-0.39, 0.29) is 18.2 Å². The Labute approximate surface area is 165 Å². The van der Waals surface area contributed by atoms with Gasteiger partial charge in [0.05, 0.1) is 24.5 Å². The van der Waals surface area contributed by atoms with E-state index in [2.05, 4.69) is 10.6 Å². The highest BCUT2D eigenvalue weighted by Crippen LogP contribution is 2.17. The largest absolute Gasteiger partial charge is 0.462 e. The van der Waals surface area contributed by atoms with Crippen LogP contribution in [0, 0.1) is 0 Å². The number of urea groups is 1. The van der Waals surface area contributed by atoms with Gasteiger partial charge in [0.15, 0.2) is 0 Å². The number of benzene rings is 1. The summed E-state index contributed by atoms with van der Waals surface area (Å²) in [5.41, 5.74) is 0.733. The van der Waals surface area contributed by atoms with Gasteiger partial charge in [0.25, 0.3) is 0 Å². The zero-order chi connectivity index (χ0) is 20.4. The van der Waals surface area contributed by atoms with Crippen LogP contribution in [0.4, 0.5) is 15.3 Å². The van der Waals surface area contributed by atoms with E-state index < -0.39 is 5.97 Å². The molecule has 154 valence electrons. The summed E-state index contributed by atoms with van der Waals surface area (Å²) >= 11 is 0. The van der Waals surface area contributed by atoms with Gasteiger partial charge in [-0.1, -0.05) is 25.5 Å². The number of nitrogens with zero attached hydrogens (tertiary/aromatic N) is 1. The summed E-state index contributed by atoms with van der Waals surface area (Å²) in [6.07, 6.45) is 2.71. The van der Waals surface area contributed by atoms with E-state index in [9.17, 15) is 14.4 Å². The first-order chi connectivity index (χ1) is 13.5. The fourth-order valence-electron chi connectivity index (χ4n) is 2.92. The number of hydrogen-bond donors (Lipinski definition) is 2. The molecular formula is C20H29N3O5. The molecule has 0 bridgehead atoms. The lowest BCUT2D eigenvalue weighted by Crippen LogP contribution is -2.47. The summed E-state index contributed by atoms with van der Waals surface area (Å²) in [7, 11) is 0. The van der Waals surface area contributed by atoms with Gasteiger partial charge in [0, 0.05) is 19.1 Å². The summed E-state index contributed by atoms with van der Waals surface area (Å²) in [6.45, 7) is 5.56. The molecule has 2 N–H and O–H groups in total. The highest BCUT2D eigenvalue weighted by molar-refractivity contribution is 6.00. The lowest BCUT2D eigenvalue weighted by atomic mass is 10.1. The van der Waals surface area contributed by atoms with Crippen LogP contribution in [-0.2, 0) is 9.47 Å². The number of para-hydroxylation sites is 1. The van der Waals surface area contributed by atoms with Crippen molar-refractivity contribution in [2.24, 2.45) is 0 Å². The van der Waals surface area contributed by atoms with Crippen LogP contribution in [0.25, 0.3) is 0 Å². The molecule has 0 saturated carbocycles. The van der Waals surface area contributed by atoms with Crippen LogP contribution in [0.2, 0.25) is 0 Å². The summed E-state index contributed by atoms with van der Waals surface area (Å²) in [6, 6.07) is 6.33. The number of carbonyl (C=O) groups excluding carboxylic acids is 3. The minimum atomic E-state index is -0.452. The van der Waals surface area contributed by atoms with E-state index in [0.717, 1.165) is 12.8 Å². The third-order valence-electron chi connectivity index (χ3n) is 4.48. The molecule has 0 unspecified atom stereocenters. The third kappa shape index (κ3) is 6.44. The third-order valence-corrected chi connectivity index (χ3v) is 4.48. The molecule has 0 aromatic heterocycles. The minimum Gasteiger partial charge on any atom is -0.462 e. The van der Waals surface area contributed by atoms with Crippen LogP contribution in [0.15, 0.2) is 24.3 Å². The molecule has 0 atom stereocenters. The molecule has 28 heavy (non-hydrogen) atoms. The molecule has 1 fully saturated rings. The first-order valence-corrected chi connectivity index (χ1v) is 9.80. The number of likely N-dealkylation sites (tertiary alicyclic amines) is 1. The fourth-order valence-corrected chi connectivity index (χ4v) is 2.92. The van der Waals surface area contributed by atoms with Gasteiger partial charge in [-0.25, -0.2) is 14.4 Å². The Kier molecular flexibility index (Phi) is 8.58. The van der Waals surface area contributed by atoms with Crippen molar-refractivity contribution in [1.82, 2.24) is 10.2 Å². The minimum absolute atomic E-state index is 0.0469. The highest BCUT2D eigenvalue weighted by atomic mass is 16.6. The van der Waals surface area contributed by atoms with Crippen LogP contribution >= 0.6 is 0 Å². The van der Waals surface area contributed by atoms with Crippen molar-refractivity contribution >= 4 is 23.8 Å². The maximum absolute atomic E-state index is 12.4. The van der Waals surface area contributed by atoms with Crippen LogP contribution in [0.5, 0.6) is 0 Å². The second kappa shape index (κ2) is 11.2. The molecule has 2 rings (SSSR count). The predicted molar refractivity (Wildman–Crippen MR) is 105 cm³/mol. The average molecular weight is 391 g/mol. The number of esters is 1. The predicted octanol–water partition coefficient (Wildman–Crippen LogP) is 3.39. The Balaban J connectivity index is 1.85. The Morgan fingerprint density at radius 1 is 1.11 bits per heavy atom. The van der Waals surface area contributed by atoms with Gasteiger partial charge < -0.3 is 25.0 Å². The summed E-state index contributed by atoms with van der Waals surface area (Å²) in [5, 5.41) is 5.62. The van der Waals surface area contributed by atoms with Crippen molar-refractivity contribution in [1.29, 1.82) is 0 Å². The summed E-state index contributed by atoms with van der Waals surface area (Å²) < 4.78 is 10.2. The molecule has 0 spiro atoms. The lowest BCUT2D eigenvalue weighted by Gasteiger charge is -2.31. The second-order valence-electron chi connectivity index (χ2n) is 6.59. The smallest absolute Gasteiger partial charge is 0.409 e. The Morgan fingerprint density at radius 2 is 1.82 bits per heavy atom. The van der Waals surface area contributed by atoms with E-state index in [4.69, 9.17) is 9.47 Å². The number of unbranched alkanes of at least 4 members (excludes halogenated alkanes) is 1. The topological polar surface area (TPSA) is 97.0 Å². The number of piperidine rings is 1. The van der Waals surface area contributed by atoms with Crippen LogP contribution < -0.4 is 10.6 Å². The van der Waals surface area contributed by atoms with Crippen molar-refractivity contribution in [2.75, 3.05) is 31.6 Å². The molecule has 1 aromatic carbocycles.